The molecular formula is C25H26ClFN4O2S. The standard InChI is InChI=1S/C25H26ClFN4O2S/c1-29-9-11-30(12-10-29)25(33)20-3-2-8-31(20)24-14-16(22-6-7-23(26)34-22)13-19(28-24)18-15-17(27)4-5-21(18)32/h4-7,13-15,20,32H,2-3,8-12H2,1H3/t20-/m0/s1. The molecule has 1 N–H and O–H groups in total. The average Bonchev–Trinajstić information content (AvgIpc) is 3.50. The van der Waals surface area contributed by atoms with E-state index in [0.717, 1.165) is 49.5 Å². The summed E-state index contributed by atoms with van der Waals surface area (Å²) in [5, 5.41) is 10.4. The van der Waals surface area contributed by atoms with Gasteiger partial charge in [0, 0.05) is 43.2 Å². The molecule has 1 aromatic carbocycles. The van der Waals surface area contributed by atoms with Crippen molar-refractivity contribution in [1.82, 2.24) is 14.8 Å². The minimum absolute atomic E-state index is 0.0484. The predicted molar refractivity (Wildman–Crippen MR) is 134 cm³/mol. The first-order valence-electron chi connectivity index (χ1n) is 11.4. The summed E-state index contributed by atoms with van der Waals surface area (Å²) in [7, 11) is 2.07. The van der Waals surface area contributed by atoms with Crippen LogP contribution in [0.4, 0.5) is 10.2 Å². The molecule has 0 unspecified atom stereocenters. The highest BCUT2D eigenvalue weighted by molar-refractivity contribution is 7.19. The molecular weight excluding hydrogens is 475 g/mol. The van der Waals surface area contributed by atoms with Gasteiger partial charge in [-0.2, -0.15) is 0 Å². The van der Waals surface area contributed by atoms with Crippen LogP contribution in [0.5, 0.6) is 5.75 Å². The van der Waals surface area contributed by atoms with Crippen LogP contribution in [0.1, 0.15) is 12.8 Å². The number of aromatic hydroxyl groups is 1. The third-order valence-electron chi connectivity index (χ3n) is 6.55. The number of amides is 1. The van der Waals surface area contributed by atoms with E-state index in [4.69, 9.17) is 16.6 Å². The van der Waals surface area contributed by atoms with Crippen LogP contribution < -0.4 is 4.90 Å². The molecule has 9 heteroatoms. The van der Waals surface area contributed by atoms with E-state index >= 15 is 0 Å². The largest absolute Gasteiger partial charge is 0.507 e. The van der Waals surface area contributed by atoms with E-state index in [1.54, 1.807) is 0 Å². The molecule has 4 heterocycles. The molecule has 0 spiro atoms. The lowest BCUT2D eigenvalue weighted by molar-refractivity contribution is -0.134. The number of halogens is 2. The van der Waals surface area contributed by atoms with E-state index in [-0.39, 0.29) is 17.7 Å². The lowest BCUT2D eigenvalue weighted by Gasteiger charge is -2.36. The average molecular weight is 501 g/mol. The smallest absolute Gasteiger partial charge is 0.245 e. The number of hydrogen-bond acceptors (Lipinski definition) is 6. The third kappa shape index (κ3) is 4.62. The topological polar surface area (TPSA) is 59.9 Å². The van der Waals surface area contributed by atoms with E-state index in [1.165, 1.54) is 29.5 Å². The Morgan fingerprint density at radius 3 is 2.65 bits per heavy atom. The lowest BCUT2D eigenvalue weighted by Crippen LogP contribution is -2.53. The Morgan fingerprint density at radius 1 is 1.12 bits per heavy atom. The number of rotatable bonds is 4. The molecule has 178 valence electrons. The fraction of sp³-hybridized carbons (Fsp3) is 0.360. The van der Waals surface area contributed by atoms with Gasteiger partial charge in [-0.3, -0.25) is 4.79 Å². The van der Waals surface area contributed by atoms with E-state index < -0.39 is 5.82 Å². The second-order valence-corrected chi connectivity index (χ2v) is 10.6. The molecule has 2 aliphatic heterocycles. The third-order valence-corrected chi connectivity index (χ3v) is 7.83. The van der Waals surface area contributed by atoms with Crippen molar-refractivity contribution in [1.29, 1.82) is 0 Å². The first kappa shape index (κ1) is 23.1. The summed E-state index contributed by atoms with van der Waals surface area (Å²) in [4.78, 5) is 25.4. The number of phenols is 1. The van der Waals surface area contributed by atoms with Gasteiger partial charge in [0.1, 0.15) is 23.4 Å². The summed E-state index contributed by atoms with van der Waals surface area (Å²) >= 11 is 7.63. The van der Waals surface area contributed by atoms with Gasteiger partial charge in [-0.1, -0.05) is 11.6 Å². The number of hydrogen-bond donors (Lipinski definition) is 1. The Balaban J connectivity index is 1.54. The fourth-order valence-electron chi connectivity index (χ4n) is 4.66. The Morgan fingerprint density at radius 2 is 1.91 bits per heavy atom. The van der Waals surface area contributed by atoms with Crippen molar-refractivity contribution < 1.29 is 14.3 Å². The Hall–Kier alpha value is -2.68. The Labute approximate surface area is 207 Å². The van der Waals surface area contributed by atoms with E-state index in [2.05, 4.69) is 16.8 Å². The molecule has 6 nitrogen and oxygen atoms in total. The minimum Gasteiger partial charge on any atom is -0.507 e. The van der Waals surface area contributed by atoms with Crippen molar-refractivity contribution in [3.05, 3.63) is 52.6 Å². The van der Waals surface area contributed by atoms with Crippen molar-refractivity contribution in [3.8, 4) is 27.4 Å². The van der Waals surface area contributed by atoms with Crippen LogP contribution in [0.15, 0.2) is 42.5 Å². The van der Waals surface area contributed by atoms with Gasteiger partial charge < -0.3 is 19.8 Å². The van der Waals surface area contributed by atoms with Crippen LogP contribution in [0.25, 0.3) is 21.7 Å². The molecule has 5 rings (SSSR count). The zero-order valence-electron chi connectivity index (χ0n) is 18.9. The number of benzene rings is 1. The van der Waals surface area contributed by atoms with Gasteiger partial charge in [0.2, 0.25) is 5.91 Å². The molecule has 2 aromatic heterocycles. The van der Waals surface area contributed by atoms with Crippen LogP contribution in [0, 0.1) is 5.82 Å². The van der Waals surface area contributed by atoms with Crippen molar-refractivity contribution in [2.24, 2.45) is 0 Å². The molecule has 2 saturated heterocycles. The minimum atomic E-state index is -0.454. The van der Waals surface area contributed by atoms with Crippen molar-refractivity contribution >= 4 is 34.7 Å². The van der Waals surface area contributed by atoms with Crippen LogP contribution >= 0.6 is 22.9 Å². The second-order valence-electron chi connectivity index (χ2n) is 8.84. The van der Waals surface area contributed by atoms with Gasteiger partial charge in [-0.25, -0.2) is 9.37 Å². The van der Waals surface area contributed by atoms with E-state index in [9.17, 15) is 14.3 Å². The molecule has 2 aliphatic rings. The van der Waals surface area contributed by atoms with Crippen molar-refractivity contribution in [3.63, 3.8) is 0 Å². The maximum Gasteiger partial charge on any atom is 0.245 e. The summed E-state index contributed by atoms with van der Waals surface area (Å²) in [6.07, 6.45) is 1.66. The summed E-state index contributed by atoms with van der Waals surface area (Å²) in [5.74, 6) is 0.274. The summed E-state index contributed by atoms with van der Waals surface area (Å²) < 4.78 is 14.7. The summed E-state index contributed by atoms with van der Waals surface area (Å²) in [6, 6.07) is 11.1. The highest BCUT2D eigenvalue weighted by Crippen LogP contribution is 2.38. The van der Waals surface area contributed by atoms with Gasteiger partial charge in [0.15, 0.2) is 0 Å². The number of piperazine rings is 1. The van der Waals surface area contributed by atoms with Gasteiger partial charge in [0.25, 0.3) is 0 Å². The molecule has 0 aliphatic carbocycles. The number of carbonyl (C=O) groups excluding carboxylic acids is 1. The van der Waals surface area contributed by atoms with Crippen LogP contribution in [-0.2, 0) is 4.79 Å². The second kappa shape index (κ2) is 9.52. The van der Waals surface area contributed by atoms with E-state index in [1.807, 2.05) is 29.2 Å². The van der Waals surface area contributed by atoms with Gasteiger partial charge in [-0.15, -0.1) is 11.3 Å². The summed E-state index contributed by atoms with van der Waals surface area (Å²) in [6.45, 7) is 3.90. The number of likely N-dealkylation sites (N-methyl/N-ethyl adjacent to an activating group) is 1. The number of nitrogens with zero attached hydrogens (tertiary/aromatic N) is 4. The number of thiophene rings is 1. The first-order valence-corrected chi connectivity index (χ1v) is 12.6. The monoisotopic (exact) mass is 500 g/mol. The zero-order valence-corrected chi connectivity index (χ0v) is 20.4. The normalized spacial score (nSPS) is 19.1. The quantitative estimate of drug-likeness (QED) is 0.562. The van der Waals surface area contributed by atoms with E-state index in [0.29, 0.717) is 28.0 Å². The van der Waals surface area contributed by atoms with Crippen LogP contribution in [0.2, 0.25) is 4.34 Å². The SMILES string of the molecule is CN1CCN(C(=O)[C@@H]2CCCN2c2cc(-c3ccc(Cl)s3)cc(-c3cc(F)ccc3O)n2)CC1. The highest BCUT2D eigenvalue weighted by atomic mass is 35.5. The number of pyridine rings is 1. The van der Waals surface area contributed by atoms with Crippen molar-refractivity contribution in [2.75, 3.05) is 44.7 Å². The zero-order chi connectivity index (χ0) is 23.8. The number of aromatic nitrogens is 1. The number of anilines is 1. The molecule has 0 saturated carbocycles. The van der Waals surface area contributed by atoms with Crippen molar-refractivity contribution in [2.45, 2.75) is 18.9 Å². The number of phenolic OH excluding ortho intramolecular Hbond substituents is 1. The molecule has 0 bridgehead atoms. The summed E-state index contributed by atoms with van der Waals surface area (Å²) in [5.41, 5.74) is 1.62. The van der Waals surface area contributed by atoms with Crippen LogP contribution in [0.3, 0.4) is 0 Å². The Bertz CT molecular complexity index is 1210. The number of carbonyl (C=O) groups is 1. The molecule has 1 atom stereocenters. The molecule has 3 aromatic rings. The highest BCUT2D eigenvalue weighted by Gasteiger charge is 2.35. The molecule has 2 fully saturated rings. The van der Waals surface area contributed by atoms with Gasteiger partial charge in [0.05, 0.1) is 10.0 Å². The predicted octanol–water partition coefficient (Wildman–Crippen LogP) is 4.72. The molecule has 1 amide bonds. The molecule has 34 heavy (non-hydrogen) atoms. The fourth-order valence-corrected chi connectivity index (χ4v) is 5.69. The maximum absolute atomic E-state index is 14.0. The molecule has 0 radical (unpaired) electrons. The lowest BCUT2D eigenvalue weighted by atomic mass is 10.1. The Kier molecular flexibility index (Phi) is 6.46. The van der Waals surface area contributed by atoms with Crippen LogP contribution in [-0.4, -0.2) is 71.6 Å². The van der Waals surface area contributed by atoms with Gasteiger partial charge in [-0.05, 0) is 67.9 Å². The first-order chi connectivity index (χ1) is 16.4. The van der Waals surface area contributed by atoms with Gasteiger partial charge >= 0.3 is 0 Å². The maximum atomic E-state index is 14.0.